The molecule has 0 spiro atoms. The first-order valence-electron chi connectivity index (χ1n) is 4.95. The van der Waals surface area contributed by atoms with E-state index in [0.29, 0.717) is 0 Å². The predicted octanol–water partition coefficient (Wildman–Crippen LogP) is 1.35. The second kappa shape index (κ2) is 5.75. The van der Waals surface area contributed by atoms with Crippen molar-refractivity contribution in [2.24, 2.45) is 7.05 Å². The van der Waals surface area contributed by atoms with E-state index in [0.717, 1.165) is 13.0 Å². The van der Waals surface area contributed by atoms with E-state index in [9.17, 15) is 0 Å². The smallest absolute Gasteiger partial charge is 0.0521 e. The molecule has 1 rings (SSSR count). The van der Waals surface area contributed by atoms with Gasteiger partial charge in [-0.25, -0.2) is 0 Å². The molecule has 3 nitrogen and oxygen atoms in total. The Morgan fingerprint density at radius 2 is 2.23 bits per heavy atom. The van der Waals surface area contributed by atoms with Crippen LogP contribution in [-0.4, -0.2) is 23.4 Å². The summed E-state index contributed by atoms with van der Waals surface area (Å²) < 4.78 is 1.86. The Kier molecular flexibility index (Phi) is 4.54. The topological polar surface area (TPSA) is 29.9 Å². The fourth-order valence-corrected chi connectivity index (χ4v) is 1.41. The van der Waals surface area contributed by atoms with E-state index in [1.807, 2.05) is 25.0 Å². The largest absolute Gasteiger partial charge is 0.320 e. The maximum atomic E-state index is 4.14. The Morgan fingerprint density at radius 3 is 2.85 bits per heavy atom. The lowest BCUT2D eigenvalue weighted by Crippen LogP contribution is -2.07. The first-order valence-corrected chi connectivity index (χ1v) is 4.95. The van der Waals surface area contributed by atoms with Gasteiger partial charge in [0.2, 0.25) is 0 Å². The number of rotatable bonds is 6. The van der Waals surface area contributed by atoms with Crippen LogP contribution in [0.3, 0.4) is 0 Å². The third kappa shape index (κ3) is 4.08. The van der Waals surface area contributed by atoms with Crippen LogP contribution in [0.1, 0.15) is 24.8 Å². The van der Waals surface area contributed by atoms with Crippen molar-refractivity contribution in [1.29, 1.82) is 0 Å². The lowest BCUT2D eigenvalue weighted by atomic mass is 10.1. The van der Waals surface area contributed by atoms with Crippen LogP contribution in [0.4, 0.5) is 0 Å². The zero-order valence-electron chi connectivity index (χ0n) is 8.58. The highest BCUT2D eigenvalue weighted by molar-refractivity contribution is 5.03. The monoisotopic (exact) mass is 181 g/mol. The molecule has 0 saturated carbocycles. The van der Waals surface area contributed by atoms with Crippen molar-refractivity contribution in [3.8, 4) is 0 Å². The molecule has 1 heterocycles. The molecule has 0 radical (unpaired) electrons. The van der Waals surface area contributed by atoms with Gasteiger partial charge in [0.1, 0.15) is 0 Å². The van der Waals surface area contributed by atoms with Crippen LogP contribution in [-0.2, 0) is 13.5 Å². The second-order valence-electron chi connectivity index (χ2n) is 3.44. The summed E-state index contributed by atoms with van der Waals surface area (Å²) in [7, 11) is 3.96. The highest BCUT2D eigenvalue weighted by Crippen LogP contribution is 2.04. The van der Waals surface area contributed by atoms with Crippen molar-refractivity contribution in [1.82, 2.24) is 15.1 Å². The highest BCUT2D eigenvalue weighted by atomic mass is 15.2. The lowest BCUT2D eigenvalue weighted by molar-refractivity contribution is 0.642. The van der Waals surface area contributed by atoms with E-state index in [2.05, 4.69) is 16.6 Å². The first-order chi connectivity index (χ1) is 6.33. The number of aromatic nitrogens is 2. The Balaban J connectivity index is 2.06. The van der Waals surface area contributed by atoms with E-state index in [-0.39, 0.29) is 0 Å². The lowest BCUT2D eigenvalue weighted by Gasteiger charge is -1.98. The third-order valence-corrected chi connectivity index (χ3v) is 2.15. The van der Waals surface area contributed by atoms with Crippen LogP contribution in [0, 0.1) is 0 Å². The van der Waals surface area contributed by atoms with E-state index < -0.39 is 0 Å². The Bertz CT molecular complexity index is 230. The van der Waals surface area contributed by atoms with Crippen LogP contribution < -0.4 is 5.32 Å². The van der Waals surface area contributed by atoms with E-state index >= 15 is 0 Å². The number of unbranched alkanes of at least 4 members (excludes halogenated alkanes) is 2. The van der Waals surface area contributed by atoms with Crippen molar-refractivity contribution in [2.45, 2.75) is 25.7 Å². The Labute approximate surface area is 80.1 Å². The SMILES string of the molecule is CNCCCCCc1cnn(C)c1. The van der Waals surface area contributed by atoms with Gasteiger partial charge in [-0.2, -0.15) is 5.10 Å². The molecule has 0 atom stereocenters. The summed E-state index contributed by atoms with van der Waals surface area (Å²) in [6.07, 6.45) is 9.06. The van der Waals surface area contributed by atoms with Crippen LogP contribution in [0.5, 0.6) is 0 Å². The molecule has 13 heavy (non-hydrogen) atoms. The van der Waals surface area contributed by atoms with Gasteiger partial charge in [0, 0.05) is 13.2 Å². The van der Waals surface area contributed by atoms with Crippen molar-refractivity contribution < 1.29 is 0 Å². The van der Waals surface area contributed by atoms with Crippen molar-refractivity contribution >= 4 is 0 Å². The summed E-state index contributed by atoms with van der Waals surface area (Å²) in [6.45, 7) is 1.13. The minimum atomic E-state index is 1.13. The van der Waals surface area contributed by atoms with Crippen LogP contribution in [0.2, 0.25) is 0 Å². The van der Waals surface area contributed by atoms with Gasteiger partial charge in [0.05, 0.1) is 6.20 Å². The van der Waals surface area contributed by atoms with Crippen molar-refractivity contribution in [3.63, 3.8) is 0 Å². The van der Waals surface area contributed by atoms with Gasteiger partial charge in [-0.05, 0) is 38.4 Å². The number of nitrogens with one attached hydrogen (secondary N) is 1. The summed E-state index contributed by atoms with van der Waals surface area (Å²) in [5.41, 5.74) is 1.35. The molecule has 0 aliphatic rings. The molecule has 0 aliphatic carbocycles. The van der Waals surface area contributed by atoms with E-state index in [1.54, 1.807) is 0 Å². The van der Waals surface area contributed by atoms with Gasteiger partial charge in [-0.3, -0.25) is 4.68 Å². The quantitative estimate of drug-likeness (QED) is 0.671. The number of nitrogens with zero attached hydrogens (tertiary/aromatic N) is 2. The maximum Gasteiger partial charge on any atom is 0.0521 e. The van der Waals surface area contributed by atoms with E-state index in [1.165, 1.54) is 24.8 Å². The van der Waals surface area contributed by atoms with Crippen LogP contribution in [0.25, 0.3) is 0 Å². The summed E-state index contributed by atoms with van der Waals surface area (Å²) in [5, 5.41) is 7.29. The van der Waals surface area contributed by atoms with Crippen LogP contribution in [0.15, 0.2) is 12.4 Å². The van der Waals surface area contributed by atoms with Crippen molar-refractivity contribution in [2.75, 3.05) is 13.6 Å². The van der Waals surface area contributed by atoms with Gasteiger partial charge >= 0.3 is 0 Å². The molecule has 0 aliphatic heterocycles. The normalized spacial score (nSPS) is 10.6. The minimum absolute atomic E-state index is 1.13. The second-order valence-corrected chi connectivity index (χ2v) is 3.44. The molecule has 3 heteroatoms. The highest BCUT2D eigenvalue weighted by Gasteiger charge is 1.95. The summed E-state index contributed by atoms with van der Waals surface area (Å²) in [4.78, 5) is 0. The predicted molar refractivity (Wildman–Crippen MR) is 54.7 cm³/mol. The van der Waals surface area contributed by atoms with E-state index in [4.69, 9.17) is 0 Å². The molecule has 0 saturated heterocycles. The van der Waals surface area contributed by atoms with Crippen LogP contribution >= 0.6 is 0 Å². The zero-order chi connectivity index (χ0) is 9.52. The molecule has 74 valence electrons. The average molecular weight is 181 g/mol. The van der Waals surface area contributed by atoms with Gasteiger partial charge in [0.15, 0.2) is 0 Å². The summed E-state index contributed by atoms with van der Waals surface area (Å²) in [6, 6.07) is 0. The number of hydrogen-bond donors (Lipinski definition) is 1. The fourth-order valence-electron chi connectivity index (χ4n) is 1.41. The van der Waals surface area contributed by atoms with Gasteiger partial charge in [0.25, 0.3) is 0 Å². The zero-order valence-corrected chi connectivity index (χ0v) is 8.58. The molecule has 1 N–H and O–H groups in total. The summed E-state index contributed by atoms with van der Waals surface area (Å²) >= 11 is 0. The third-order valence-electron chi connectivity index (χ3n) is 2.15. The standard InChI is InChI=1S/C10H19N3/c1-11-7-5-3-4-6-10-8-12-13(2)9-10/h8-9,11H,3-7H2,1-2H3. The number of hydrogen-bond acceptors (Lipinski definition) is 2. The molecular weight excluding hydrogens is 162 g/mol. The van der Waals surface area contributed by atoms with Crippen molar-refractivity contribution in [3.05, 3.63) is 18.0 Å². The molecule has 0 fully saturated rings. The Hall–Kier alpha value is -0.830. The molecule has 0 amide bonds. The Morgan fingerprint density at radius 1 is 1.38 bits per heavy atom. The molecule has 0 aromatic carbocycles. The molecular formula is C10H19N3. The van der Waals surface area contributed by atoms with Gasteiger partial charge in [-0.1, -0.05) is 6.42 Å². The molecule has 1 aromatic heterocycles. The molecule has 1 aromatic rings. The maximum absolute atomic E-state index is 4.14. The average Bonchev–Trinajstić information content (AvgIpc) is 2.51. The number of aryl methyl sites for hydroxylation is 2. The molecule has 0 bridgehead atoms. The fraction of sp³-hybridized carbons (Fsp3) is 0.700. The first kappa shape index (κ1) is 10.3. The summed E-state index contributed by atoms with van der Waals surface area (Å²) in [5.74, 6) is 0. The minimum Gasteiger partial charge on any atom is -0.320 e. The molecule has 0 unspecified atom stereocenters. The van der Waals surface area contributed by atoms with Gasteiger partial charge in [-0.15, -0.1) is 0 Å². The van der Waals surface area contributed by atoms with Gasteiger partial charge < -0.3 is 5.32 Å².